The van der Waals surface area contributed by atoms with Gasteiger partial charge in [-0.05, 0) is 34.1 Å². The van der Waals surface area contributed by atoms with Gasteiger partial charge in [-0.2, -0.15) is 18.2 Å². The summed E-state index contributed by atoms with van der Waals surface area (Å²) in [5, 5.41) is 2.67. The number of rotatable bonds is 2. The molecular formula is C11H8BrF3N4. The Kier molecular flexibility index (Phi) is 3.61. The minimum absolute atomic E-state index is 0.117. The maximum Gasteiger partial charge on any atom is 0.416 e. The first kappa shape index (κ1) is 13.6. The van der Waals surface area contributed by atoms with E-state index in [1.165, 1.54) is 18.2 Å². The molecule has 100 valence electrons. The second kappa shape index (κ2) is 5.04. The Bertz CT molecular complexity index is 580. The molecule has 0 amide bonds. The van der Waals surface area contributed by atoms with E-state index in [4.69, 9.17) is 5.73 Å². The zero-order valence-electron chi connectivity index (χ0n) is 9.37. The fourth-order valence-electron chi connectivity index (χ4n) is 1.39. The number of nitrogens with one attached hydrogen (secondary N) is 1. The SMILES string of the molecule is Nc1cc(Br)nc(Nc2cccc(C(F)(F)F)c2)n1. The molecule has 1 aromatic carbocycles. The zero-order chi connectivity index (χ0) is 14.0. The van der Waals surface area contributed by atoms with Gasteiger partial charge in [0.1, 0.15) is 10.4 Å². The van der Waals surface area contributed by atoms with Crippen LogP contribution in [0.5, 0.6) is 0 Å². The third kappa shape index (κ3) is 3.57. The van der Waals surface area contributed by atoms with E-state index in [0.717, 1.165) is 12.1 Å². The van der Waals surface area contributed by atoms with Crippen molar-refractivity contribution in [1.29, 1.82) is 0 Å². The van der Waals surface area contributed by atoms with Crippen LogP contribution in [0.3, 0.4) is 0 Å². The van der Waals surface area contributed by atoms with Crippen molar-refractivity contribution in [3.05, 3.63) is 40.5 Å². The molecule has 0 unspecified atom stereocenters. The Morgan fingerprint density at radius 1 is 1.16 bits per heavy atom. The lowest BCUT2D eigenvalue weighted by molar-refractivity contribution is -0.137. The molecule has 0 aliphatic heterocycles. The Balaban J connectivity index is 2.28. The Morgan fingerprint density at radius 3 is 2.53 bits per heavy atom. The van der Waals surface area contributed by atoms with Crippen molar-refractivity contribution in [2.45, 2.75) is 6.18 Å². The number of anilines is 3. The average Bonchev–Trinajstić information content (AvgIpc) is 2.26. The van der Waals surface area contributed by atoms with Gasteiger partial charge in [-0.1, -0.05) is 6.07 Å². The lowest BCUT2D eigenvalue weighted by Gasteiger charge is -2.10. The number of hydrogen-bond donors (Lipinski definition) is 2. The van der Waals surface area contributed by atoms with Crippen LogP contribution in [0.25, 0.3) is 0 Å². The second-order valence-corrected chi connectivity index (χ2v) is 4.46. The van der Waals surface area contributed by atoms with Crippen LogP contribution in [0, 0.1) is 0 Å². The van der Waals surface area contributed by atoms with Gasteiger partial charge in [0.25, 0.3) is 0 Å². The molecule has 0 aliphatic rings. The molecule has 0 fully saturated rings. The molecule has 2 aromatic rings. The summed E-state index contributed by atoms with van der Waals surface area (Å²) in [5.41, 5.74) is 4.99. The van der Waals surface area contributed by atoms with Gasteiger partial charge in [-0.25, -0.2) is 4.98 Å². The van der Waals surface area contributed by atoms with Gasteiger partial charge in [0, 0.05) is 11.8 Å². The lowest BCUT2D eigenvalue weighted by atomic mass is 10.2. The van der Waals surface area contributed by atoms with Crippen LogP contribution in [0.1, 0.15) is 5.56 Å². The maximum atomic E-state index is 12.5. The summed E-state index contributed by atoms with van der Waals surface area (Å²) in [5.74, 6) is 0.322. The van der Waals surface area contributed by atoms with E-state index < -0.39 is 11.7 Å². The van der Waals surface area contributed by atoms with Crippen molar-refractivity contribution in [1.82, 2.24) is 9.97 Å². The standard InChI is InChI=1S/C11H8BrF3N4/c12-8-5-9(16)19-10(18-8)17-7-3-1-2-6(4-7)11(13,14)15/h1-5H,(H3,16,17,18,19). The van der Waals surface area contributed by atoms with Crippen LogP contribution in [0.4, 0.5) is 30.6 Å². The molecule has 0 saturated heterocycles. The van der Waals surface area contributed by atoms with Gasteiger partial charge in [0.2, 0.25) is 5.95 Å². The van der Waals surface area contributed by atoms with E-state index in [1.807, 2.05) is 0 Å². The molecule has 8 heteroatoms. The molecule has 19 heavy (non-hydrogen) atoms. The number of alkyl halides is 3. The van der Waals surface area contributed by atoms with Crippen LogP contribution < -0.4 is 11.1 Å². The fraction of sp³-hybridized carbons (Fsp3) is 0.0909. The normalized spacial score (nSPS) is 11.4. The number of hydrogen-bond acceptors (Lipinski definition) is 4. The summed E-state index contributed by atoms with van der Waals surface area (Å²) in [6, 6.07) is 6.22. The van der Waals surface area contributed by atoms with E-state index in [2.05, 4.69) is 31.2 Å². The van der Waals surface area contributed by atoms with Gasteiger partial charge in [0.15, 0.2) is 0 Å². The number of nitrogens with zero attached hydrogens (tertiary/aromatic N) is 2. The average molecular weight is 333 g/mol. The van der Waals surface area contributed by atoms with Crippen LogP contribution in [0.2, 0.25) is 0 Å². The first-order valence-corrected chi connectivity index (χ1v) is 5.88. The third-order valence-electron chi connectivity index (χ3n) is 2.16. The van der Waals surface area contributed by atoms with E-state index in [0.29, 0.717) is 4.60 Å². The molecule has 1 aromatic heterocycles. The first-order valence-electron chi connectivity index (χ1n) is 5.09. The summed E-state index contributed by atoms with van der Waals surface area (Å²) in [7, 11) is 0. The summed E-state index contributed by atoms with van der Waals surface area (Å²) in [4.78, 5) is 7.82. The summed E-state index contributed by atoms with van der Waals surface area (Å²) < 4.78 is 38.1. The highest BCUT2D eigenvalue weighted by atomic mass is 79.9. The first-order chi connectivity index (χ1) is 8.84. The van der Waals surface area contributed by atoms with Crippen molar-refractivity contribution in [2.75, 3.05) is 11.1 Å². The van der Waals surface area contributed by atoms with E-state index in [-0.39, 0.29) is 17.5 Å². The van der Waals surface area contributed by atoms with Crippen LogP contribution in [-0.4, -0.2) is 9.97 Å². The highest BCUT2D eigenvalue weighted by molar-refractivity contribution is 9.10. The molecular weight excluding hydrogens is 325 g/mol. The monoisotopic (exact) mass is 332 g/mol. The molecule has 0 bridgehead atoms. The van der Waals surface area contributed by atoms with Gasteiger partial charge in [-0.3, -0.25) is 0 Å². The second-order valence-electron chi connectivity index (χ2n) is 3.64. The number of aromatic nitrogens is 2. The van der Waals surface area contributed by atoms with Crippen molar-refractivity contribution in [3.8, 4) is 0 Å². The lowest BCUT2D eigenvalue weighted by Crippen LogP contribution is -2.06. The smallest absolute Gasteiger partial charge is 0.383 e. The number of nitrogen functional groups attached to an aromatic ring is 1. The van der Waals surface area contributed by atoms with Crippen molar-refractivity contribution in [2.24, 2.45) is 0 Å². The minimum atomic E-state index is -4.39. The van der Waals surface area contributed by atoms with E-state index >= 15 is 0 Å². The number of benzene rings is 1. The molecule has 0 saturated carbocycles. The van der Waals surface area contributed by atoms with E-state index in [9.17, 15) is 13.2 Å². The Hall–Kier alpha value is -1.83. The molecule has 3 N–H and O–H groups in total. The van der Waals surface area contributed by atoms with Crippen molar-refractivity contribution in [3.63, 3.8) is 0 Å². The molecule has 2 rings (SSSR count). The van der Waals surface area contributed by atoms with E-state index in [1.54, 1.807) is 0 Å². The van der Waals surface area contributed by atoms with Crippen LogP contribution >= 0.6 is 15.9 Å². The predicted octanol–water partition coefficient (Wildman–Crippen LogP) is 3.58. The van der Waals surface area contributed by atoms with Crippen LogP contribution in [-0.2, 0) is 6.18 Å². The topological polar surface area (TPSA) is 63.8 Å². The summed E-state index contributed by atoms with van der Waals surface area (Å²) >= 11 is 3.12. The largest absolute Gasteiger partial charge is 0.416 e. The number of nitrogens with two attached hydrogens (primary N) is 1. The Morgan fingerprint density at radius 2 is 1.89 bits per heavy atom. The van der Waals surface area contributed by atoms with Gasteiger partial charge in [-0.15, -0.1) is 0 Å². The van der Waals surface area contributed by atoms with Crippen molar-refractivity contribution >= 4 is 33.4 Å². The fourth-order valence-corrected chi connectivity index (χ4v) is 1.80. The minimum Gasteiger partial charge on any atom is -0.383 e. The zero-order valence-corrected chi connectivity index (χ0v) is 11.0. The van der Waals surface area contributed by atoms with Crippen molar-refractivity contribution < 1.29 is 13.2 Å². The molecule has 4 nitrogen and oxygen atoms in total. The predicted molar refractivity (Wildman–Crippen MR) is 68.9 cm³/mol. The van der Waals surface area contributed by atoms with Gasteiger partial charge in [0.05, 0.1) is 5.56 Å². The van der Waals surface area contributed by atoms with Gasteiger partial charge < -0.3 is 11.1 Å². The number of halogens is 4. The highest BCUT2D eigenvalue weighted by Gasteiger charge is 2.30. The molecule has 0 spiro atoms. The van der Waals surface area contributed by atoms with Crippen LogP contribution in [0.15, 0.2) is 34.9 Å². The molecule has 1 heterocycles. The van der Waals surface area contributed by atoms with Gasteiger partial charge >= 0.3 is 6.18 Å². The Labute approximate surface area is 115 Å². The molecule has 0 radical (unpaired) electrons. The molecule has 0 atom stereocenters. The highest BCUT2D eigenvalue weighted by Crippen LogP contribution is 2.31. The maximum absolute atomic E-state index is 12.5. The quantitative estimate of drug-likeness (QED) is 0.825. The summed E-state index contributed by atoms with van der Waals surface area (Å²) in [6.45, 7) is 0. The molecule has 0 aliphatic carbocycles. The third-order valence-corrected chi connectivity index (χ3v) is 2.57. The summed E-state index contributed by atoms with van der Waals surface area (Å²) in [6.07, 6.45) is -4.39.